The zero-order valence-corrected chi connectivity index (χ0v) is 19.0. The first-order valence-electron chi connectivity index (χ1n) is 11.2. The van der Waals surface area contributed by atoms with Crippen molar-refractivity contribution in [2.75, 3.05) is 13.2 Å². The molecule has 32 heavy (non-hydrogen) atoms. The summed E-state index contributed by atoms with van der Waals surface area (Å²) in [6.45, 7) is 6.90. The van der Waals surface area contributed by atoms with Gasteiger partial charge in [-0.2, -0.15) is 0 Å². The third-order valence-corrected chi connectivity index (χ3v) is 5.86. The van der Waals surface area contributed by atoms with Crippen LogP contribution in [0.5, 0.6) is 5.75 Å². The largest absolute Gasteiger partial charge is 0.489 e. The Balaban J connectivity index is 1.43. The normalized spacial score (nSPS) is 22.8. The van der Waals surface area contributed by atoms with Gasteiger partial charge in [0.1, 0.15) is 18.0 Å². The zero-order valence-electron chi connectivity index (χ0n) is 19.0. The van der Waals surface area contributed by atoms with Crippen LogP contribution in [0.3, 0.4) is 0 Å². The SMILES string of the molecule is CC(C)(C)OC(=O)N1C2COCC1CC(C(=O)c1cccc(OCc3ccccc3)c1)C2. The van der Waals surface area contributed by atoms with E-state index in [4.69, 9.17) is 14.2 Å². The van der Waals surface area contributed by atoms with Gasteiger partial charge in [0.05, 0.1) is 25.3 Å². The minimum absolute atomic E-state index is 0.0934. The highest BCUT2D eigenvalue weighted by molar-refractivity contribution is 5.98. The van der Waals surface area contributed by atoms with Gasteiger partial charge in [-0.25, -0.2) is 4.79 Å². The molecule has 0 aromatic heterocycles. The first-order valence-corrected chi connectivity index (χ1v) is 11.2. The summed E-state index contributed by atoms with van der Waals surface area (Å²) in [6, 6.07) is 17.0. The van der Waals surface area contributed by atoms with E-state index in [9.17, 15) is 9.59 Å². The Morgan fingerprint density at radius 3 is 2.34 bits per heavy atom. The molecule has 0 saturated carbocycles. The predicted molar refractivity (Wildman–Crippen MR) is 121 cm³/mol. The Bertz CT molecular complexity index is 938. The molecule has 0 spiro atoms. The van der Waals surface area contributed by atoms with E-state index in [1.54, 1.807) is 4.90 Å². The molecule has 6 heteroatoms. The van der Waals surface area contributed by atoms with Crippen LogP contribution in [0.1, 0.15) is 49.5 Å². The minimum atomic E-state index is -0.556. The molecule has 2 atom stereocenters. The van der Waals surface area contributed by atoms with Crippen LogP contribution >= 0.6 is 0 Å². The van der Waals surface area contributed by atoms with Crippen molar-refractivity contribution in [1.29, 1.82) is 0 Å². The van der Waals surface area contributed by atoms with Crippen LogP contribution in [0.25, 0.3) is 0 Å². The molecule has 2 bridgehead atoms. The number of piperidine rings is 1. The number of carbonyl (C=O) groups excluding carboxylic acids is 2. The number of morpholine rings is 1. The predicted octanol–water partition coefficient (Wildman–Crippen LogP) is 4.86. The van der Waals surface area contributed by atoms with Gasteiger partial charge in [0, 0.05) is 11.5 Å². The Morgan fingerprint density at radius 2 is 1.69 bits per heavy atom. The van der Waals surface area contributed by atoms with Crippen molar-refractivity contribution in [1.82, 2.24) is 4.90 Å². The van der Waals surface area contributed by atoms with Gasteiger partial charge in [-0.1, -0.05) is 42.5 Å². The monoisotopic (exact) mass is 437 g/mol. The van der Waals surface area contributed by atoms with Crippen LogP contribution in [0.15, 0.2) is 54.6 Å². The van der Waals surface area contributed by atoms with Gasteiger partial charge in [0.2, 0.25) is 0 Å². The highest BCUT2D eigenvalue weighted by Crippen LogP contribution is 2.35. The standard InChI is InChI=1S/C26H31NO5/c1-26(2,3)32-25(29)27-21-12-20(13-22(27)17-30-16-21)24(28)19-10-7-11-23(14-19)31-15-18-8-5-4-6-9-18/h4-11,14,20-22H,12-13,15-17H2,1-3H3. The number of hydrogen-bond acceptors (Lipinski definition) is 5. The molecule has 2 aromatic rings. The molecule has 6 nitrogen and oxygen atoms in total. The van der Waals surface area contributed by atoms with Gasteiger partial charge in [-0.05, 0) is 51.3 Å². The number of Topliss-reactive ketones (excluding diaryl/α,β-unsaturated/α-hetero) is 1. The molecule has 0 radical (unpaired) electrons. The van der Waals surface area contributed by atoms with Crippen molar-refractivity contribution >= 4 is 11.9 Å². The van der Waals surface area contributed by atoms with Gasteiger partial charge in [-0.15, -0.1) is 0 Å². The summed E-state index contributed by atoms with van der Waals surface area (Å²) in [5.41, 5.74) is 1.16. The maximum absolute atomic E-state index is 13.3. The first kappa shape index (κ1) is 22.3. The summed E-state index contributed by atoms with van der Waals surface area (Å²) >= 11 is 0. The number of fused-ring (bicyclic) bond motifs is 2. The number of nitrogens with zero attached hydrogens (tertiary/aromatic N) is 1. The Morgan fingerprint density at radius 1 is 1.00 bits per heavy atom. The average Bonchev–Trinajstić information content (AvgIpc) is 2.76. The number of carbonyl (C=O) groups is 2. The number of hydrogen-bond donors (Lipinski definition) is 0. The summed E-state index contributed by atoms with van der Waals surface area (Å²) in [6.07, 6.45) is 0.825. The number of ketones is 1. The van der Waals surface area contributed by atoms with E-state index in [-0.39, 0.29) is 29.9 Å². The summed E-state index contributed by atoms with van der Waals surface area (Å²) in [5.74, 6) is 0.613. The number of benzene rings is 2. The summed E-state index contributed by atoms with van der Waals surface area (Å²) in [5, 5.41) is 0. The lowest BCUT2D eigenvalue weighted by atomic mass is 9.81. The van der Waals surface area contributed by atoms with E-state index in [0.717, 1.165) is 5.56 Å². The molecule has 1 amide bonds. The second kappa shape index (κ2) is 9.33. The van der Waals surface area contributed by atoms with E-state index in [1.807, 2.05) is 75.4 Å². The van der Waals surface area contributed by atoms with Crippen molar-refractivity contribution < 1.29 is 23.8 Å². The molecular weight excluding hydrogens is 406 g/mol. The summed E-state index contributed by atoms with van der Waals surface area (Å²) < 4.78 is 17.2. The van der Waals surface area contributed by atoms with Crippen LogP contribution in [0.4, 0.5) is 4.79 Å². The number of rotatable bonds is 5. The molecule has 2 aromatic carbocycles. The minimum Gasteiger partial charge on any atom is -0.489 e. The van der Waals surface area contributed by atoms with Gasteiger partial charge in [-0.3, -0.25) is 9.69 Å². The van der Waals surface area contributed by atoms with Crippen molar-refractivity contribution in [2.45, 2.75) is 57.9 Å². The molecule has 0 aliphatic carbocycles. The van der Waals surface area contributed by atoms with Crippen molar-refractivity contribution in [3.63, 3.8) is 0 Å². The van der Waals surface area contributed by atoms with Crippen molar-refractivity contribution in [2.24, 2.45) is 5.92 Å². The molecule has 2 fully saturated rings. The molecule has 2 unspecified atom stereocenters. The second-order valence-electron chi connectivity index (χ2n) is 9.57. The topological polar surface area (TPSA) is 65.1 Å². The smallest absolute Gasteiger partial charge is 0.410 e. The quantitative estimate of drug-likeness (QED) is 0.625. The fourth-order valence-electron chi connectivity index (χ4n) is 4.46. The molecule has 2 heterocycles. The second-order valence-corrected chi connectivity index (χ2v) is 9.57. The molecule has 170 valence electrons. The zero-order chi connectivity index (χ0) is 22.7. The lowest BCUT2D eigenvalue weighted by Crippen LogP contribution is -2.60. The molecular formula is C26H31NO5. The van der Waals surface area contributed by atoms with Crippen LogP contribution in [-0.2, 0) is 16.1 Å². The van der Waals surface area contributed by atoms with Gasteiger partial charge in [0.15, 0.2) is 5.78 Å². The Hall–Kier alpha value is -2.86. The highest BCUT2D eigenvalue weighted by Gasteiger charge is 2.45. The summed E-state index contributed by atoms with van der Waals surface area (Å²) in [7, 11) is 0. The third kappa shape index (κ3) is 5.30. The Kier molecular flexibility index (Phi) is 6.51. The summed E-state index contributed by atoms with van der Waals surface area (Å²) in [4.78, 5) is 27.9. The van der Waals surface area contributed by atoms with Crippen LogP contribution in [-0.4, -0.2) is 47.7 Å². The van der Waals surface area contributed by atoms with Crippen LogP contribution in [0, 0.1) is 5.92 Å². The molecule has 4 rings (SSSR count). The molecule has 2 aliphatic heterocycles. The van der Waals surface area contributed by atoms with E-state index >= 15 is 0 Å². The van der Waals surface area contributed by atoms with Gasteiger partial charge >= 0.3 is 6.09 Å². The lowest BCUT2D eigenvalue weighted by molar-refractivity contribution is -0.0861. The number of amides is 1. The van der Waals surface area contributed by atoms with Crippen molar-refractivity contribution in [3.8, 4) is 5.75 Å². The molecule has 2 saturated heterocycles. The maximum Gasteiger partial charge on any atom is 0.410 e. The molecule has 0 N–H and O–H groups in total. The van der Waals surface area contributed by atoms with Crippen LogP contribution in [0.2, 0.25) is 0 Å². The first-order chi connectivity index (χ1) is 15.3. The van der Waals surface area contributed by atoms with E-state index in [0.29, 0.717) is 44.0 Å². The van der Waals surface area contributed by atoms with Crippen LogP contribution < -0.4 is 4.74 Å². The fraction of sp³-hybridized carbons (Fsp3) is 0.462. The fourth-order valence-corrected chi connectivity index (χ4v) is 4.46. The van der Waals surface area contributed by atoms with Crippen molar-refractivity contribution in [3.05, 3.63) is 65.7 Å². The van der Waals surface area contributed by atoms with E-state index < -0.39 is 5.60 Å². The highest BCUT2D eigenvalue weighted by atomic mass is 16.6. The van der Waals surface area contributed by atoms with Gasteiger partial charge in [0.25, 0.3) is 0 Å². The number of ether oxygens (including phenoxy) is 3. The van der Waals surface area contributed by atoms with E-state index in [1.165, 1.54) is 0 Å². The third-order valence-electron chi connectivity index (χ3n) is 5.86. The van der Waals surface area contributed by atoms with Gasteiger partial charge < -0.3 is 14.2 Å². The average molecular weight is 438 g/mol. The van der Waals surface area contributed by atoms with E-state index in [2.05, 4.69) is 0 Å². The Labute approximate surface area is 189 Å². The lowest BCUT2D eigenvalue weighted by Gasteiger charge is -2.47. The molecule has 2 aliphatic rings. The maximum atomic E-state index is 13.3.